The number of aryl methyl sites for hydroxylation is 2. The van der Waals surface area contributed by atoms with Gasteiger partial charge in [-0.25, -0.2) is 0 Å². The van der Waals surface area contributed by atoms with Crippen LogP contribution < -0.4 is 10.6 Å². The van der Waals surface area contributed by atoms with E-state index in [4.69, 9.17) is 0 Å². The summed E-state index contributed by atoms with van der Waals surface area (Å²) in [7, 11) is 0. The Hall–Kier alpha value is -2.56. The van der Waals surface area contributed by atoms with Crippen molar-refractivity contribution in [1.29, 1.82) is 0 Å². The highest BCUT2D eigenvalue weighted by Crippen LogP contribution is 2.20. The van der Waals surface area contributed by atoms with E-state index in [2.05, 4.69) is 37.6 Å². The quantitative estimate of drug-likeness (QED) is 0.284. The van der Waals surface area contributed by atoms with Crippen molar-refractivity contribution >= 4 is 50.6 Å². The minimum absolute atomic E-state index is 0.0779. The van der Waals surface area contributed by atoms with Gasteiger partial charge in [0.2, 0.25) is 16.2 Å². The van der Waals surface area contributed by atoms with E-state index >= 15 is 0 Å². The molecule has 162 valence electrons. The summed E-state index contributed by atoms with van der Waals surface area (Å²) >= 11 is 4.87. The molecule has 0 aliphatic rings. The molecule has 7 nitrogen and oxygen atoms in total. The Bertz CT molecular complexity index is 986. The summed E-state index contributed by atoms with van der Waals surface area (Å²) in [6.45, 7) is 4.35. The van der Waals surface area contributed by atoms with Crippen LogP contribution in [0.15, 0.2) is 55.1 Å². The first-order valence-corrected chi connectivity index (χ1v) is 12.6. The predicted octanol–water partition coefficient (Wildman–Crippen LogP) is 4.24. The molecule has 0 spiro atoms. The smallest absolute Gasteiger partial charge is 0.230 e. The largest absolute Gasteiger partial charge is 0.357 e. The third kappa shape index (κ3) is 8.60. The molecule has 0 radical (unpaired) electrons. The number of carbonyl (C=O) groups excluding carboxylic acids is 1. The maximum atomic E-state index is 12.1. The summed E-state index contributed by atoms with van der Waals surface area (Å²) in [4.78, 5) is 12.1. The standard InChI is InChI=1S/C21H24N6OS3/c1-2-3-7-12-22-20-26-24-18(30-20)10-13-29-14-11-19-25-27-21(31-19)23-17(28)15-16-8-5-4-6-9-16/h2-9H,1,10-15H2,(H,22,26)(H,23,27,28)/b7-3-. The zero-order chi connectivity index (χ0) is 21.7. The summed E-state index contributed by atoms with van der Waals surface area (Å²) in [6.07, 6.45) is 7.68. The predicted molar refractivity (Wildman–Crippen MR) is 131 cm³/mol. The number of allylic oxidation sites excluding steroid dienone is 2. The van der Waals surface area contributed by atoms with Crippen LogP contribution in [0.4, 0.5) is 10.3 Å². The van der Waals surface area contributed by atoms with Crippen molar-refractivity contribution in [3.8, 4) is 0 Å². The minimum atomic E-state index is -0.0779. The van der Waals surface area contributed by atoms with Crippen molar-refractivity contribution in [3.63, 3.8) is 0 Å². The molecule has 10 heteroatoms. The van der Waals surface area contributed by atoms with Crippen molar-refractivity contribution in [1.82, 2.24) is 20.4 Å². The van der Waals surface area contributed by atoms with Crippen LogP contribution in [-0.4, -0.2) is 44.4 Å². The number of hydrogen-bond acceptors (Lipinski definition) is 9. The Morgan fingerprint density at radius 1 is 1.00 bits per heavy atom. The number of hydrogen-bond donors (Lipinski definition) is 2. The summed E-state index contributed by atoms with van der Waals surface area (Å²) in [5.74, 6) is 1.85. The molecule has 3 rings (SSSR count). The number of nitrogens with zero attached hydrogens (tertiary/aromatic N) is 4. The van der Waals surface area contributed by atoms with Gasteiger partial charge < -0.3 is 10.6 Å². The molecule has 31 heavy (non-hydrogen) atoms. The lowest BCUT2D eigenvalue weighted by molar-refractivity contribution is -0.115. The van der Waals surface area contributed by atoms with Crippen LogP contribution in [0.2, 0.25) is 0 Å². The second kappa shape index (κ2) is 13.0. The summed E-state index contributed by atoms with van der Waals surface area (Å²) in [5.41, 5.74) is 0.976. The van der Waals surface area contributed by atoms with Gasteiger partial charge >= 0.3 is 0 Å². The van der Waals surface area contributed by atoms with E-state index in [1.165, 1.54) is 11.3 Å². The van der Waals surface area contributed by atoms with Gasteiger partial charge in [-0.1, -0.05) is 77.8 Å². The van der Waals surface area contributed by atoms with Crippen LogP contribution in [0.25, 0.3) is 0 Å². The first-order valence-electron chi connectivity index (χ1n) is 9.80. The van der Waals surface area contributed by atoms with Gasteiger partial charge in [0.15, 0.2) is 0 Å². The molecule has 2 heterocycles. The Morgan fingerprint density at radius 3 is 2.39 bits per heavy atom. The van der Waals surface area contributed by atoms with E-state index in [1.807, 2.05) is 54.2 Å². The molecule has 3 aromatic rings. The van der Waals surface area contributed by atoms with Crippen molar-refractivity contribution < 1.29 is 4.79 Å². The van der Waals surface area contributed by atoms with Gasteiger partial charge in [-0.15, -0.1) is 20.4 Å². The molecule has 0 atom stereocenters. The highest BCUT2D eigenvalue weighted by atomic mass is 32.2. The van der Waals surface area contributed by atoms with Crippen LogP contribution in [0, 0.1) is 0 Å². The summed E-state index contributed by atoms with van der Waals surface area (Å²) in [6, 6.07) is 9.65. The van der Waals surface area contributed by atoms with E-state index in [1.54, 1.807) is 17.4 Å². The Kier molecular flexibility index (Phi) is 9.68. The zero-order valence-electron chi connectivity index (χ0n) is 17.0. The average Bonchev–Trinajstić information content (AvgIpc) is 3.41. The zero-order valence-corrected chi connectivity index (χ0v) is 19.4. The molecule has 0 aliphatic heterocycles. The van der Waals surface area contributed by atoms with E-state index in [0.29, 0.717) is 18.1 Å². The van der Waals surface area contributed by atoms with Gasteiger partial charge in [0.25, 0.3) is 0 Å². The molecule has 0 saturated carbocycles. The fraction of sp³-hybridized carbons (Fsp3) is 0.286. The maximum absolute atomic E-state index is 12.1. The van der Waals surface area contributed by atoms with Crippen LogP contribution in [0.3, 0.4) is 0 Å². The number of nitrogens with one attached hydrogen (secondary N) is 2. The van der Waals surface area contributed by atoms with Crippen molar-refractivity contribution in [2.24, 2.45) is 0 Å². The number of amides is 1. The van der Waals surface area contributed by atoms with E-state index in [0.717, 1.165) is 45.1 Å². The fourth-order valence-corrected chi connectivity index (χ4v) is 5.15. The van der Waals surface area contributed by atoms with Gasteiger partial charge in [0, 0.05) is 19.4 Å². The van der Waals surface area contributed by atoms with E-state index in [-0.39, 0.29) is 5.91 Å². The number of carbonyl (C=O) groups is 1. The second-order valence-corrected chi connectivity index (χ2v) is 9.72. The molecular formula is C21H24N6OS3. The van der Waals surface area contributed by atoms with Gasteiger partial charge in [-0.2, -0.15) is 11.8 Å². The Labute approximate surface area is 194 Å². The number of rotatable bonds is 13. The van der Waals surface area contributed by atoms with Gasteiger partial charge in [-0.3, -0.25) is 4.79 Å². The molecule has 2 aromatic heterocycles. The van der Waals surface area contributed by atoms with Gasteiger partial charge in [-0.05, 0) is 17.1 Å². The van der Waals surface area contributed by atoms with E-state index in [9.17, 15) is 4.79 Å². The lowest BCUT2D eigenvalue weighted by Crippen LogP contribution is -2.14. The molecule has 0 aliphatic carbocycles. The van der Waals surface area contributed by atoms with Crippen LogP contribution >= 0.6 is 34.4 Å². The van der Waals surface area contributed by atoms with Crippen molar-refractivity contribution in [2.75, 3.05) is 28.7 Å². The van der Waals surface area contributed by atoms with E-state index < -0.39 is 0 Å². The monoisotopic (exact) mass is 472 g/mol. The molecular weight excluding hydrogens is 448 g/mol. The highest BCUT2D eigenvalue weighted by molar-refractivity contribution is 7.99. The molecule has 1 amide bonds. The maximum Gasteiger partial charge on any atom is 0.230 e. The molecule has 0 unspecified atom stereocenters. The lowest BCUT2D eigenvalue weighted by Gasteiger charge is -2.00. The SMILES string of the molecule is C=C/C=C\CNc1nnc(CCSCCc2nnc(NC(=O)Cc3ccccc3)s2)s1. The van der Waals surface area contributed by atoms with Crippen LogP contribution in [0.5, 0.6) is 0 Å². The summed E-state index contributed by atoms with van der Waals surface area (Å²) in [5, 5.41) is 26.0. The van der Waals surface area contributed by atoms with Crippen molar-refractivity contribution in [3.05, 3.63) is 70.7 Å². The third-order valence-corrected chi connectivity index (χ3v) is 6.78. The Morgan fingerprint density at radius 2 is 1.68 bits per heavy atom. The number of anilines is 2. The van der Waals surface area contributed by atoms with Crippen LogP contribution in [0.1, 0.15) is 15.6 Å². The first-order chi connectivity index (χ1) is 15.2. The Balaban J connectivity index is 1.30. The van der Waals surface area contributed by atoms with Gasteiger partial charge in [0.1, 0.15) is 10.0 Å². The lowest BCUT2D eigenvalue weighted by atomic mass is 10.1. The minimum Gasteiger partial charge on any atom is -0.357 e. The molecule has 0 saturated heterocycles. The van der Waals surface area contributed by atoms with Gasteiger partial charge in [0.05, 0.1) is 6.42 Å². The first kappa shape index (κ1) is 23.1. The van der Waals surface area contributed by atoms with Crippen molar-refractivity contribution in [2.45, 2.75) is 19.3 Å². The third-order valence-electron chi connectivity index (χ3n) is 3.95. The molecule has 0 bridgehead atoms. The summed E-state index contributed by atoms with van der Waals surface area (Å²) < 4.78 is 0. The average molecular weight is 473 g/mol. The highest BCUT2D eigenvalue weighted by Gasteiger charge is 2.09. The molecule has 2 N–H and O–H groups in total. The second-order valence-electron chi connectivity index (χ2n) is 6.37. The topological polar surface area (TPSA) is 92.7 Å². The molecule has 0 fully saturated rings. The van der Waals surface area contributed by atoms with Crippen LogP contribution in [-0.2, 0) is 24.1 Å². The molecule has 1 aromatic carbocycles. The number of aromatic nitrogens is 4. The normalized spacial score (nSPS) is 11.0. The number of benzene rings is 1. The number of thioether (sulfide) groups is 1. The fourth-order valence-electron chi connectivity index (χ4n) is 2.51.